The van der Waals surface area contributed by atoms with Crippen LogP contribution in [-0.4, -0.2) is 63.0 Å². The first kappa shape index (κ1) is 28.2. The van der Waals surface area contributed by atoms with E-state index in [1.807, 2.05) is 44.0 Å². The van der Waals surface area contributed by atoms with Gasteiger partial charge in [-0.05, 0) is 63.8 Å². The number of rotatable bonds is 3. The lowest BCUT2D eigenvalue weighted by molar-refractivity contribution is 0.0134. The summed E-state index contributed by atoms with van der Waals surface area (Å²) >= 11 is 12.9. The van der Waals surface area contributed by atoms with Gasteiger partial charge in [0, 0.05) is 37.6 Å². The lowest BCUT2D eigenvalue weighted by Gasteiger charge is -2.43. The quantitative estimate of drug-likeness (QED) is 0.406. The fourth-order valence-electron chi connectivity index (χ4n) is 4.81. The van der Waals surface area contributed by atoms with Crippen LogP contribution in [0.1, 0.15) is 69.8 Å². The average molecular weight is 560 g/mol. The number of carbonyl (C=O) groups excluding carboxylic acids is 1. The second-order valence-corrected chi connectivity index (χ2v) is 12.0. The van der Waals surface area contributed by atoms with Gasteiger partial charge in [0.15, 0.2) is 0 Å². The Kier molecular flexibility index (Phi) is 7.96. The van der Waals surface area contributed by atoms with Gasteiger partial charge in [-0.3, -0.25) is 4.98 Å². The van der Waals surface area contributed by atoms with Crippen LogP contribution < -0.4 is 4.90 Å². The van der Waals surface area contributed by atoms with Crippen molar-refractivity contribution >= 4 is 40.9 Å². The summed E-state index contributed by atoms with van der Waals surface area (Å²) in [6.45, 7) is 20.4. The molecule has 1 atom stereocenters. The van der Waals surface area contributed by atoms with Crippen molar-refractivity contribution in [1.82, 2.24) is 19.8 Å². The number of aromatic nitrogens is 2. The van der Waals surface area contributed by atoms with Crippen LogP contribution in [0, 0.1) is 6.92 Å². The van der Waals surface area contributed by atoms with Crippen LogP contribution in [0.25, 0.3) is 0 Å². The Bertz CT molecular complexity index is 1290. The minimum absolute atomic E-state index is 0.0233. The van der Waals surface area contributed by atoms with Gasteiger partial charge in [0.05, 0.1) is 17.1 Å². The van der Waals surface area contributed by atoms with Crippen molar-refractivity contribution in [3.8, 4) is 0 Å². The second kappa shape index (κ2) is 10.7. The first-order valence-electron chi connectivity index (χ1n) is 12.9. The molecule has 0 aliphatic carbocycles. The number of amidine groups is 1. The number of ether oxygens (including phenoxy) is 1. The van der Waals surface area contributed by atoms with Gasteiger partial charge in [0.2, 0.25) is 0 Å². The molecule has 2 aliphatic rings. The first-order chi connectivity index (χ1) is 17.8. The molecule has 0 saturated carbocycles. The van der Waals surface area contributed by atoms with E-state index in [9.17, 15) is 4.79 Å². The molecular formula is C28H36Cl2N6O2. The van der Waals surface area contributed by atoms with Gasteiger partial charge in [0.1, 0.15) is 28.2 Å². The fraction of sp³-hybridized carbons (Fsp3) is 0.500. The SMILES string of the molecule is C=C1N=C(N2CCN(C(=O)OC(C)(C)C)C[C@@H]2C)c2cc(Cl)c(Cl)nc2N1Cc1c(C)ccnc1C(C)C. The van der Waals surface area contributed by atoms with Crippen molar-refractivity contribution in [2.45, 2.75) is 72.6 Å². The van der Waals surface area contributed by atoms with Gasteiger partial charge in [-0.2, -0.15) is 0 Å². The van der Waals surface area contributed by atoms with E-state index in [-0.39, 0.29) is 23.2 Å². The maximum atomic E-state index is 12.7. The second-order valence-electron chi connectivity index (χ2n) is 11.2. The van der Waals surface area contributed by atoms with Crippen LogP contribution in [0.5, 0.6) is 0 Å². The molecule has 10 heteroatoms. The number of hydrogen-bond donors (Lipinski definition) is 0. The summed E-state index contributed by atoms with van der Waals surface area (Å²) in [7, 11) is 0. The number of aliphatic imine (C=N–C) groups is 1. The highest BCUT2D eigenvalue weighted by atomic mass is 35.5. The van der Waals surface area contributed by atoms with Crippen molar-refractivity contribution in [1.29, 1.82) is 0 Å². The van der Waals surface area contributed by atoms with E-state index in [1.54, 1.807) is 4.90 Å². The largest absolute Gasteiger partial charge is 0.444 e. The maximum Gasteiger partial charge on any atom is 0.410 e. The van der Waals surface area contributed by atoms with Gasteiger partial charge < -0.3 is 19.4 Å². The predicted octanol–water partition coefficient (Wildman–Crippen LogP) is 6.39. The molecule has 1 saturated heterocycles. The van der Waals surface area contributed by atoms with E-state index in [1.165, 1.54) is 0 Å². The molecule has 1 fully saturated rings. The van der Waals surface area contributed by atoms with Crippen LogP contribution in [0.2, 0.25) is 10.2 Å². The van der Waals surface area contributed by atoms with E-state index < -0.39 is 5.60 Å². The topological polar surface area (TPSA) is 74.2 Å². The highest BCUT2D eigenvalue weighted by Crippen LogP contribution is 2.37. The molecule has 2 aromatic heterocycles. The smallest absolute Gasteiger partial charge is 0.410 e. The third-order valence-corrected chi connectivity index (χ3v) is 7.37. The number of carbonyl (C=O) groups is 1. The van der Waals surface area contributed by atoms with E-state index in [0.29, 0.717) is 42.8 Å². The monoisotopic (exact) mass is 558 g/mol. The number of nitrogens with zero attached hydrogens (tertiary/aromatic N) is 6. The molecule has 2 aliphatic heterocycles. The standard InChI is InChI=1S/C28H36Cl2N6O2/c1-16(2)23-21(17(3)9-10-31-23)15-36-19(5)32-25(20-13-22(29)24(30)33-26(20)36)35-12-11-34(14-18(35)4)27(37)38-28(6,7)8/h9-10,13,16,18H,5,11-12,14-15H2,1-4,6-8H3/t18-/m0/s1. The summed E-state index contributed by atoms with van der Waals surface area (Å²) in [4.78, 5) is 32.9. The number of pyridine rings is 2. The Morgan fingerprint density at radius 2 is 1.97 bits per heavy atom. The Labute approximate surface area is 235 Å². The molecular weight excluding hydrogens is 523 g/mol. The third kappa shape index (κ3) is 5.76. The minimum atomic E-state index is -0.547. The van der Waals surface area contributed by atoms with Gasteiger partial charge in [-0.15, -0.1) is 0 Å². The molecule has 1 amide bonds. The first-order valence-corrected chi connectivity index (χ1v) is 13.6. The predicted molar refractivity (Wildman–Crippen MR) is 153 cm³/mol. The molecule has 0 N–H and O–H groups in total. The van der Waals surface area contributed by atoms with Crippen molar-refractivity contribution < 1.29 is 9.53 Å². The van der Waals surface area contributed by atoms with Gasteiger partial charge in [0.25, 0.3) is 0 Å². The number of aryl methyl sites for hydroxylation is 1. The zero-order valence-electron chi connectivity index (χ0n) is 23.2. The van der Waals surface area contributed by atoms with E-state index in [0.717, 1.165) is 28.2 Å². The Hall–Kier alpha value is -2.84. The summed E-state index contributed by atoms with van der Waals surface area (Å²) in [5.41, 5.74) is 3.51. The van der Waals surface area contributed by atoms with Crippen LogP contribution >= 0.6 is 23.2 Å². The lowest BCUT2D eigenvalue weighted by atomic mass is 9.99. The summed E-state index contributed by atoms with van der Waals surface area (Å²) in [5.74, 6) is 2.17. The summed E-state index contributed by atoms with van der Waals surface area (Å²) < 4.78 is 5.59. The van der Waals surface area contributed by atoms with Gasteiger partial charge in [-0.1, -0.05) is 43.6 Å². The van der Waals surface area contributed by atoms with E-state index >= 15 is 0 Å². The van der Waals surface area contributed by atoms with Crippen molar-refractivity contribution in [3.63, 3.8) is 0 Å². The summed E-state index contributed by atoms with van der Waals surface area (Å²) in [6, 6.07) is 3.80. The van der Waals surface area contributed by atoms with Gasteiger partial charge >= 0.3 is 6.09 Å². The molecule has 0 aromatic carbocycles. The highest BCUT2D eigenvalue weighted by Gasteiger charge is 2.36. The fourth-order valence-corrected chi connectivity index (χ4v) is 5.10. The average Bonchev–Trinajstić information content (AvgIpc) is 2.81. The number of fused-ring (bicyclic) bond motifs is 1. The van der Waals surface area contributed by atoms with Gasteiger partial charge in [-0.25, -0.2) is 14.8 Å². The number of anilines is 1. The van der Waals surface area contributed by atoms with E-state index in [2.05, 4.69) is 49.1 Å². The maximum absolute atomic E-state index is 12.7. The normalized spacial score (nSPS) is 18.1. The molecule has 8 nitrogen and oxygen atoms in total. The Morgan fingerprint density at radius 3 is 2.61 bits per heavy atom. The van der Waals surface area contributed by atoms with Crippen LogP contribution in [0.15, 0.2) is 35.7 Å². The molecule has 204 valence electrons. The third-order valence-electron chi connectivity index (χ3n) is 6.69. The van der Waals surface area contributed by atoms with Crippen LogP contribution in [0.4, 0.5) is 10.6 Å². The molecule has 4 heterocycles. The zero-order valence-corrected chi connectivity index (χ0v) is 24.7. The van der Waals surface area contributed by atoms with Crippen molar-refractivity contribution in [2.75, 3.05) is 24.5 Å². The molecule has 0 bridgehead atoms. The number of halogens is 2. The molecule has 0 unspecified atom stereocenters. The minimum Gasteiger partial charge on any atom is -0.444 e. The zero-order chi connectivity index (χ0) is 27.9. The van der Waals surface area contributed by atoms with E-state index in [4.69, 9.17) is 32.9 Å². The molecule has 0 spiro atoms. The lowest BCUT2D eigenvalue weighted by Crippen LogP contribution is -2.56. The molecule has 4 rings (SSSR count). The summed E-state index contributed by atoms with van der Waals surface area (Å²) in [5, 5.41) is 0.574. The number of piperazine rings is 1. The molecule has 2 aromatic rings. The van der Waals surface area contributed by atoms with Crippen molar-refractivity contribution in [2.24, 2.45) is 4.99 Å². The molecule has 0 radical (unpaired) electrons. The highest BCUT2D eigenvalue weighted by molar-refractivity contribution is 6.41. The number of amides is 1. The molecule has 38 heavy (non-hydrogen) atoms. The van der Waals surface area contributed by atoms with Crippen LogP contribution in [-0.2, 0) is 11.3 Å². The Balaban J connectivity index is 1.67. The van der Waals surface area contributed by atoms with Crippen LogP contribution in [0.3, 0.4) is 0 Å². The summed E-state index contributed by atoms with van der Waals surface area (Å²) in [6.07, 6.45) is 1.53. The Morgan fingerprint density at radius 1 is 1.26 bits per heavy atom. The number of hydrogen-bond acceptors (Lipinski definition) is 7. The van der Waals surface area contributed by atoms with Crippen molar-refractivity contribution in [3.05, 3.63) is 63.3 Å².